The normalized spacial score (nSPS) is 16.6. The zero-order valence-corrected chi connectivity index (χ0v) is 21.8. The van der Waals surface area contributed by atoms with Gasteiger partial charge in [-0.1, -0.05) is 13.8 Å². The van der Waals surface area contributed by atoms with Gasteiger partial charge < -0.3 is 20.7 Å². The molecule has 0 radical (unpaired) electrons. The molecule has 11 nitrogen and oxygen atoms in total. The van der Waals surface area contributed by atoms with Gasteiger partial charge in [-0.3, -0.25) is 4.79 Å². The Bertz CT molecular complexity index is 1580. The number of hydrogen-bond donors (Lipinski definition) is 2. The van der Waals surface area contributed by atoms with E-state index in [-0.39, 0.29) is 29.1 Å². The molecular weight excluding hydrogens is 501 g/mol. The van der Waals surface area contributed by atoms with E-state index in [1.165, 1.54) is 13.2 Å². The van der Waals surface area contributed by atoms with Crippen molar-refractivity contribution in [3.8, 4) is 23.1 Å². The fourth-order valence-corrected chi connectivity index (χ4v) is 4.94. The SMILES string of the molecule is COc1ccc(F)c(-c2cc3ncc(CC(N)=O)c(N[C@@H]4CCN(c5ccc(C#N)nn5)CC4(C)C)n3n2)c1. The maximum absolute atomic E-state index is 14.7. The van der Waals surface area contributed by atoms with E-state index in [2.05, 4.69) is 44.3 Å². The largest absolute Gasteiger partial charge is 0.497 e. The van der Waals surface area contributed by atoms with Crippen LogP contribution in [0, 0.1) is 22.6 Å². The van der Waals surface area contributed by atoms with Crippen LogP contribution in [0.1, 0.15) is 31.5 Å². The van der Waals surface area contributed by atoms with Crippen molar-refractivity contribution in [1.29, 1.82) is 5.26 Å². The molecule has 200 valence electrons. The van der Waals surface area contributed by atoms with Crippen molar-refractivity contribution < 1.29 is 13.9 Å². The van der Waals surface area contributed by atoms with Gasteiger partial charge in [-0.15, -0.1) is 10.2 Å². The molecule has 1 aromatic carbocycles. The first kappa shape index (κ1) is 25.8. The third kappa shape index (κ3) is 5.16. The molecule has 0 bridgehead atoms. The number of nitrogens with one attached hydrogen (secondary N) is 1. The summed E-state index contributed by atoms with van der Waals surface area (Å²) in [5.74, 6) is 0.852. The summed E-state index contributed by atoms with van der Waals surface area (Å²) in [4.78, 5) is 18.5. The summed E-state index contributed by atoms with van der Waals surface area (Å²) in [5, 5.41) is 25.5. The average Bonchev–Trinajstić information content (AvgIpc) is 3.35. The minimum Gasteiger partial charge on any atom is -0.497 e. The number of nitriles is 1. The first-order valence-electron chi connectivity index (χ1n) is 12.4. The van der Waals surface area contributed by atoms with Crippen LogP contribution in [0.2, 0.25) is 0 Å². The summed E-state index contributed by atoms with van der Waals surface area (Å²) in [6, 6.07) is 11.6. The van der Waals surface area contributed by atoms with Crippen LogP contribution >= 0.6 is 0 Å². The lowest BCUT2D eigenvalue weighted by atomic mass is 9.79. The van der Waals surface area contributed by atoms with Crippen LogP contribution < -0.4 is 20.7 Å². The molecule has 0 saturated carbocycles. The smallest absolute Gasteiger partial charge is 0.222 e. The molecule has 1 amide bonds. The highest BCUT2D eigenvalue weighted by atomic mass is 19.1. The van der Waals surface area contributed by atoms with Crippen molar-refractivity contribution in [1.82, 2.24) is 24.8 Å². The molecule has 1 aliphatic heterocycles. The van der Waals surface area contributed by atoms with Crippen molar-refractivity contribution in [2.24, 2.45) is 11.1 Å². The zero-order chi connectivity index (χ0) is 27.7. The predicted molar refractivity (Wildman–Crippen MR) is 143 cm³/mol. The Kier molecular flexibility index (Phi) is 6.74. The Balaban J connectivity index is 1.49. The molecule has 3 N–H and O–H groups in total. The predicted octanol–water partition coefficient (Wildman–Crippen LogP) is 2.95. The van der Waals surface area contributed by atoms with E-state index in [4.69, 9.17) is 15.7 Å². The number of amides is 1. The highest BCUT2D eigenvalue weighted by molar-refractivity contribution is 5.79. The van der Waals surface area contributed by atoms with E-state index in [0.29, 0.717) is 47.4 Å². The summed E-state index contributed by atoms with van der Waals surface area (Å²) in [6.07, 6.45) is 2.31. The number of rotatable bonds is 7. The van der Waals surface area contributed by atoms with Crippen molar-refractivity contribution in [3.05, 3.63) is 59.7 Å². The highest BCUT2D eigenvalue weighted by Crippen LogP contribution is 2.35. The van der Waals surface area contributed by atoms with Crippen LogP contribution in [0.25, 0.3) is 16.9 Å². The lowest BCUT2D eigenvalue weighted by Crippen LogP contribution is -2.52. The van der Waals surface area contributed by atoms with Crippen LogP contribution in [0.15, 0.2) is 42.6 Å². The van der Waals surface area contributed by atoms with Gasteiger partial charge >= 0.3 is 0 Å². The van der Waals surface area contributed by atoms with E-state index in [1.807, 2.05) is 6.07 Å². The molecule has 1 aliphatic rings. The Morgan fingerprint density at radius 2 is 2.10 bits per heavy atom. The third-order valence-electron chi connectivity index (χ3n) is 7.00. The molecule has 1 fully saturated rings. The van der Waals surface area contributed by atoms with E-state index in [0.717, 1.165) is 6.42 Å². The van der Waals surface area contributed by atoms with Gasteiger partial charge in [0.15, 0.2) is 17.2 Å². The number of ether oxygens (including phenoxy) is 1. The number of nitrogens with zero attached hydrogens (tertiary/aromatic N) is 7. The zero-order valence-electron chi connectivity index (χ0n) is 21.8. The van der Waals surface area contributed by atoms with Gasteiger partial charge in [0, 0.05) is 47.9 Å². The number of fused-ring (bicyclic) bond motifs is 1. The molecule has 0 aliphatic carbocycles. The van der Waals surface area contributed by atoms with Gasteiger partial charge in [0.1, 0.15) is 23.5 Å². The van der Waals surface area contributed by atoms with Crippen molar-refractivity contribution in [2.75, 3.05) is 30.4 Å². The molecule has 12 heteroatoms. The Labute approximate surface area is 224 Å². The van der Waals surface area contributed by atoms with Crippen LogP contribution in [-0.2, 0) is 11.2 Å². The number of carbonyl (C=O) groups excluding carboxylic acids is 1. The quantitative estimate of drug-likeness (QED) is 0.369. The number of anilines is 2. The Morgan fingerprint density at radius 3 is 2.77 bits per heavy atom. The van der Waals surface area contributed by atoms with Gasteiger partial charge in [0.25, 0.3) is 0 Å². The van der Waals surface area contributed by atoms with Crippen LogP contribution in [0.3, 0.4) is 0 Å². The number of carbonyl (C=O) groups is 1. The molecule has 1 saturated heterocycles. The summed E-state index contributed by atoms with van der Waals surface area (Å²) in [5.41, 5.74) is 7.31. The number of methoxy groups -OCH3 is 1. The maximum atomic E-state index is 14.7. The second-order valence-corrected chi connectivity index (χ2v) is 10.2. The molecule has 0 spiro atoms. The molecule has 3 aromatic heterocycles. The monoisotopic (exact) mass is 529 g/mol. The highest BCUT2D eigenvalue weighted by Gasteiger charge is 2.37. The second-order valence-electron chi connectivity index (χ2n) is 10.2. The molecule has 0 unspecified atom stereocenters. The minimum absolute atomic E-state index is 0.0153. The minimum atomic E-state index is -0.501. The standard InChI is InChI=1S/C27H28FN9O2/c1-27(2)15-36(24-7-4-17(13-29)33-34-24)9-8-22(27)32-26-16(10-23(30)38)14-31-25-12-21(35-37(25)26)19-11-18(39-3)5-6-20(19)28/h4-7,11-12,14,22,32H,8-10,15H2,1-3H3,(H2,30,38)/t22-/m1/s1. The summed E-state index contributed by atoms with van der Waals surface area (Å²) in [7, 11) is 1.52. The number of nitrogens with two attached hydrogens (primary N) is 1. The fraction of sp³-hybridized carbons (Fsp3) is 0.333. The van der Waals surface area contributed by atoms with Crippen molar-refractivity contribution in [2.45, 2.75) is 32.7 Å². The molecular formula is C27H28FN9O2. The van der Waals surface area contributed by atoms with Crippen molar-refractivity contribution in [3.63, 3.8) is 0 Å². The van der Waals surface area contributed by atoms with E-state index < -0.39 is 11.7 Å². The van der Waals surface area contributed by atoms with Gasteiger partial charge in [0.05, 0.1) is 19.2 Å². The van der Waals surface area contributed by atoms with E-state index in [1.54, 1.807) is 41.0 Å². The van der Waals surface area contributed by atoms with Crippen molar-refractivity contribution >= 4 is 23.2 Å². The topological polar surface area (TPSA) is 147 Å². The number of primary amides is 1. The van der Waals surface area contributed by atoms with Crippen LogP contribution in [0.4, 0.5) is 16.0 Å². The van der Waals surface area contributed by atoms with E-state index in [9.17, 15) is 9.18 Å². The number of aromatic nitrogens is 5. The lowest BCUT2D eigenvalue weighted by molar-refractivity contribution is -0.117. The van der Waals surface area contributed by atoms with Gasteiger partial charge in [-0.2, -0.15) is 14.9 Å². The van der Waals surface area contributed by atoms with Gasteiger partial charge in [-0.05, 0) is 36.8 Å². The van der Waals surface area contributed by atoms with Crippen LogP contribution in [-0.4, -0.2) is 56.9 Å². The number of hydrogen-bond acceptors (Lipinski definition) is 9. The Morgan fingerprint density at radius 1 is 1.28 bits per heavy atom. The number of halogens is 1. The number of benzene rings is 1. The molecule has 4 aromatic rings. The molecule has 1 atom stereocenters. The first-order chi connectivity index (χ1) is 18.7. The van der Waals surface area contributed by atoms with Gasteiger partial charge in [-0.25, -0.2) is 9.37 Å². The lowest BCUT2D eigenvalue weighted by Gasteiger charge is -2.45. The summed E-state index contributed by atoms with van der Waals surface area (Å²) >= 11 is 0. The third-order valence-corrected chi connectivity index (χ3v) is 7.00. The fourth-order valence-electron chi connectivity index (χ4n) is 4.94. The second kappa shape index (κ2) is 10.2. The molecule has 39 heavy (non-hydrogen) atoms. The molecule has 4 heterocycles. The van der Waals surface area contributed by atoms with Gasteiger partial charge in [0.2, 0.25) is 5.91 Å². The Hall–Kier alpha value is -4.79. The summed E-state index contributed by atoms with van der Waals surface area (Å²) < 4.78 is 21.6. The van der Waals surface area contributed by atoms with Crippen LogP contribution in [0.5, 0.6) is 5.75 Å². The average molecular weight is 530 g/mol. The molecule has 5 rings (SSSR count). The summed E-state index contributed by atoms with van der Waals surface area (Å²) in [6.45, 7) is 5.64. The number of piperidine rings is 1. The van der Waals surface area contributed by atoms with E-state index >= 15 is 0 Å². The maximum Gasteiger partial charge on any atom is 0.222 e. The first-order valence-corrected chi connectivity index (χ1v) is 12.4.